The molecular formula is C25H21IrN2S2-. The van der Waals surface area contributed by atoms with Crippen LogP contribution in [0.5, 0.6) is 0 Å². The molecule has 1 heterocycles. The zero-order valence-corrected chi connectivity index (χ0v) is 20.7. The largest absolute Gasteiger partial charge is 0.378 e. The molecule has 0 saturated heterocycles. The number of aromatic nitrogens is 1. The Bertz CT molecular complexity index is 1090. The first-order chi connectivity index (χ1) is 14.2. The first-order valence-electron chi connectivity index (χ1n) is 9.34. The van der Waals surface area contributed by atoms with Crippen molar-refractivity contribution in [3.05, 3.63) is 97.2 Å². The maximum absolute atomic E-state index is 4.63. The Hall–Kier alpha value is -2.04. The van der Waals surface area contributed by atoms with E-state index in [2.05, 4.69) is 82.7 Å². The van der Waals surface area contributed by atoms with Crippen LogP contribution in [0.15, 0.2) is 111 Å². The summed E-state index contributed by atoms with van der Waals surface area (Å²) in [6.45, 7) is 0. The van der Waals surface area contributed by atoms with Crippen LogP contribution in [0.4, 0.5) is 5.69 Å². The molecule has 0 saturated carbocycles. The van der Waals surface area contributed by atoms with Crippen LogP contribution in [-0.4, -0.2) is 19.1 Å². The molecule has 0 unspecified atom stereocenters. The molecule has 0 spiro atoms. The Morgan fingerprint density at radius 3 is 2.03 bits per heavy atom. The molecule has 0 fully saturated rings. The molecule has 153 valence electrons. The van der Waals surface area contributed by atoms with Crippen molar-refractivity contribution in [1.29, 1.82) is 0 Å². The number of nitrogens with zero attached hydrogens (tertiary/aromatic N) is 2. The van der Waals surface area contributed by atoms with Gasteiger partial charge in [-0.1, -0.05) is 52.3 Å². The average Bonchev–Trinajstić information content (AvgIpc) is 2.75. The summed E-state index contributed by atoms with van der Waals surface area (Å²) in [6.07, 6.45) is 1.86. The van der Waals surface area contributed by atoms with Crippen LogP contribution in [0, 0.1) is 6.07 Å². The predicted octanol–water partition coefficient (Wildman–Crippen LogP) is 6.91. The standard InChI is InChI=1S/C25H21N2S2.Ir/c1-27(2)19-15-16-26-24(17-19)23-14-13-22(28-20-9-5-3-6-10-20)18-25(23)29-21-11-7-4-8-12-21;/h3-13,15-18H,1-2H3;/q-1;. The van der Waals surface area contributed by atoms with Gasteiger partial charge in [0.2, 0.25) is 0 Å². The van der Waals surface area contributed by atoms with Crippen molar-refractivity contribution in [2.45, 2.75) is 19.6 Å². The third kappa shape index (κ3) is 5.77. The second-order valence-electron chi connectivity index (χ2n) is 6.70. The van der Waals surface area contributed by atoms with Crippen LogP contribution in [-0.2, 0) is 20.1 Å². The van der Waals surface area contributed by atoms with Gasteiger partial charge < -0.3 is 9.88 Å². The van der Waals surface area contributed by atoms with Gasteiger partial charge in [0, 0.05) is 55.9 Å². The van der Waals surface area contributed by atoms with Gasteiger partial charge in [0.15, 0.2) is 0 Å². The van der Waals surface area contributed by atoms with E-state index >= 15 is 0 Å². The minimum absolute atomic E-state index is 0. The van der Waals surface area contributed by atoms with E-state index in [1.54, 1.807) is 23.5 Å². The van der Waals surface area contributed by atoms with E-state index < -0.39 is 0 Å². The van der Waals surface area contributed by atoms with Gasteiger partial charge in [-0.05, 0) is 36.0 Å². The average molecular weight is 606 g/mol. The summed E-state index contributed by atoms with van der Waals surface area (Å²) in [5.41, 5.74) is 3.09. The molecule has 4 rings (SSSR count). The predicted molar refractivity (Wildman–Crippen MR) is 124 cm³/mol. The van der Waals surface area contributed by atoms with Crippen LogP contribution < -0.4 is 4.90 Å². The van der Waals surface area contributed by atoms with Gasteiger partial charge in [0.05, 0.1) is 0 Å². The molecule has 0 aliphatic heterocycles. The van der Waals surface area contributed by atoms with Gasteiger partial charge in [0.1, 0.15) is 0 Å². The van der Waals surface area contributed by atoms with Crippen LogP contribution in [0.25, 0.3) is 11.3 Å². The first kappa shape index (κ1) is 22.6. The normalized spacial score (nSPS) is 10.3. The number of hydrogen-bond acceptors (Lipinski definition) is 4. The molecule has 0 atom stereocenters. The molecule has 0 bridgehead atoms. The zero-order valence-electron chi connectivity index (χ0n) is 16.7. The summed E-state index contributed by atoms with van der Waals surface area (Å²) in [4.78, 5) is 11.5. The molecule has 0 aliphatic rings. The molecule has 5 heteroatoms. The number of benzene rings is 3. The van der Waals surface area contributed by atoms with Crippen LogP contribution in [0.3, 0.4) is 0 Å². The van der Waals surface area contributed by atoms with Crippen molar-refractivity contribution in [2.24, 2.45) is 0 Å². The molecule has 3 aromatic carbocycles. The first-order valence-corrected chi connectivity index (χ1v) is 11.0. The van der Waals surface area contributed by atoms with E-state index in [9.17, 15) is 0 Å². The Morgan fingerprint density at radius 1 is 0.767 bits per heavy atom. The number of rotatable bonds is 6. The van der Waals surface area contributed by atoms with Crippen molar-refractivity contribution in [3.8, 4) is 11.3 Å². The van der Waals surface area contributed by atoms with Crippen LogP contribution in [0.2, 0.25) is 0 Å². The van der Waals surface area contributed by atoms with E-state index in [4.69, 9.17) is 0 Å². The minimum atomic E-state index is 0. The van der Waals surface area contributed by atoms with Crippen molar-refractivity contribution in [3.63, 3.8) is 0 Å². The molecule has 0 amide bonds. The Kier molecular flexibility index (Phi) is 8.17. The Morgan fingerprint density at radius 2 is 1.40 bits per heavy atom. The third-order valence-corrected chi connectivity index (χ3v) is 6.37. The minimum Gasteiger partial charge on any atom is -0.378 e. The van der Waals surface area contributed by atoms with Crippen molar-refractivity contribution in [2.75, 3.05) is 19.0 Å². The van der Waals surface area contributed by atoms with E-state index in [1.807, 2.05) is 38.5 Å². The summed E-state index contributed by atoms with van der Waals surface area (Å²) < 4.78 is 0. The SMILES string of the molecule is CN(C)c1ccnc(-c2[c-]cc(Sc3ccccc3)cc2Sc2ccccc2)c1.[Ir]. The summed E-state index contributed by atoms with van der Waals surface area (Å²) in [5, 5.41) is 0. The molecular weight excluding hydrogens is 585 g/mol. The maximum atomic E-state index is 4.63. The molecule has 1 radical (unpaired) electrons. The fourth-order valence-electron chi connectivity index (χ4n) is 2.87. The molecule has 30 heavy (non-hydrogen) atoms. The van der Waals surface area contributed by atoms with Crippen molar-refractivity contribution < 1.29 is 20.1 Å². The molecule has 0 N–H and O–H groups in total. The van der Waals surface area contributed by atoms with Gasteiger partial charge in [-0.2, -0.15) is 0 Å². The summed E-state index contributed by atoms with van der Waals surface area (Å²) in [6, 6.07) is 32.8. The maximum Gasteiger partial charge on any atom is 0.0303 e. The van der Waals surface area contributed by atoms with Gasteiger partial charge in [-0.3, -0.25) is 0 Å². The number of anilines is 1. The van der Waals surface area contributed by atoms with Crippen molar-refractivity contribution >= 4 is 29.2 Å². The van der Waals surface area contributed by atoms with E-state index in [-0.39, 0.29) is 20.1 Å². The summed E-state index contributed by atoms with van der Waals surface area (Å²) >= 11 is 3.50. The summed E-state index contributed by atoms with van der Waals surface area (Å²) in [5.74, 6) is 0. The molecule has 4 aromatic rings. The fraction of sp³-hybridized carbons (Fsp3) is 0.0800. The topological polar surface area (TPSA) is 16.1 Å². The monoisotopic (exact) mass is 606 g/mol. The van der Waals surface area contributed by atoms with Gasteiger partial charge in [0.25, 0.3) is 0 Å². The quantitative estimate of drug-likeness (QED) is 0.222. The van der Waals surface area contributed by atoms with Gasteiger partial charge in [-0.25, -0.2) is 0 Å². The number of hydrogen-bond donors (Lipinski definition) is 0. The fourth-order valence-corrected chi connectivity index (χ4v) is 4.80. The number of pyridine rings is 1. The Labute approximate surface area is 200 Å². The van der Waals surface area contributed by atoms with Gasteiger partial charge in [-0.15, -0.1) is 47.3 Å². The van der Waals surface area contributed by atoms with Gasteiger partial charge >= 0.3 is 0 Å². The Balaban J connectivity index is 0.00000256. The van der Waals surface area contributed by atoms with Crippen LogP contribution >= 0.6 is 23.5 Å². The van der Waals surface area contributed by atoms with E-state index in [0.717, 1.165) is 21.8 Å². The van der Waals surface area contributed by atoms with Crippen LogP contribution in [0.1, 0.15) is 0 Å². The smallest absolute Gasteiger partial charge is 0.0303 e. The second-order valence-corrected chi connectivity index (χ2v) is 8.96. The molecule has 2 nitrogen and oxygen atoms in total. The summed E-state index contributed by atoms with van der Waals surface area (Å²) in [7, 11) is 4.09. The third-order valence-electron chi connectivity index (χ3n) is 4.34. The molecule has 1 aromatic heterocycles. The van der Waals surface area contributed by atoms with Crippen molar-refractivity contribution in [1.82, 2.24) is 4.98 Å². The van der Waals surface area contributed by atoms with E-state index in [1.165, 1.54) is 14.7 Å². The second kappa shape index (κ2) is 10.8. The molecule has 0 aliphatic carbocycles. The zero-order chi connectivity index (χ0) is 20.1. The van der Waals surface area contributed by atoms with E-state index in [0.29, 0.717) is 0 Å².